The van der Waals surface area contributed by atoms with Crippen molar-refractivity contribution in [2.24, 2.45) is 5.10 Å². The van der Waals surface area contributed by atoms with E-state index in [0.717, 1.165) is 0 Å². The molecule has 2 heterocycles. The van der Waals surface area contributed by atoms with Crippen LogP contribution in [0, 0.1) is 5.82 Å². The van der Waals surface area contributed by atoms with Crippen LogP contribution in [0.3, 0.4) is 0 Å². The smallest absolute Gasteiger partial charge is 0.272 e. The summed E-state index contributed by atoms with van der Waals surface area (Å²) in [6, 6.07) is 15.3. The van der Waals surface area contributed by atoms with Crippen LogP contribution in [0.5, 0.6) is 5.75 Å². The average molecular weight is 541 g/mol. The van der Waals surface area contributed by atoms with Crippen molar-refractivity contribution in [1.82, 2.24) is 5.01 Å². The van der Waals surface area contributed by atoms with Crippen molar-refractivity contribution in [3.63, 3.8) is 0 Å². The number of hydrogen-bond donors (Lipinski definition) is 3. The topological polar surface area (TPSA) is 94.0 Å². The van der Waals surface area contributed by atoms with Crippen molar-refractivity contribution in [2.75, 3.05) is 10.6 Å². The number of hydrogen-bond acceptors (Lipinski definition) is 5. The van der Waals surface area contributed by atoms with Crippen LogP contribution in [0.15, 0.2) is 65.8 Å². The zero-order valence-electron chi connectivity index (χ0n) is 20.1. The molecule has 0 saturated carbocycles. The molecule has 2 atom stereocenters. The Balaban J connectivity index is 1.76. The van der Waals surface area contributed by atoms with Crippen molar-refractivity contribution >= 4 is 52.1 Å². The Labute approximate surface area is 222 Å². The first-order chi connectivity index (χ1) is 17.4. The van der Waals surface area contributed by atoms with Crippen molar-refractivity contribution in [1.29, 1.82) is 0 Å². The van der Waals surface area contributed by atoms with Crippen LogP contribution < -0.4 is 10.6 Å². The van der Waals surface area contributed by atoms with Crippen molar-refractivity contribution < 1.29 is 19.1 Å². The molecule has 2 aliphatic heterocycles. The number of anilines is 2. The number of benzene rings is 3. The summed E-state index contributed by atoms with van der Waals surface area (Å²) in [6.07, 6.45) is 0. The number of aromatic hydroxyl groups is 1. The first kappa shape index (κ1) is 25.0. The Morgan fingerprint density at radius 2 is 1.84 bits per heavy atom. The molecule has 10 heteroatoms. The molecule has 2 aliphatic rings. The molecule has 5 rings (SSSR count). The van der Waals surface area contributed by atoms with E-state index in [-0.39, 0.29) is 22.0 Å². The number of phenolic OH excluding ortho intramolecular Hbond substituents is 1. The molecule has 7 nitrogen and oxygen atoms in total. The predicted octanol–water partition coefficient (Wildman–Crippen LogP) is 5.88. The fourth-order valence-corrected chi connectivity index (χ4v) is 5.42. The van der Waals surface area contributed by atoms with E-state index in [2.05, 4.69) is 10.6 Å². The molecule has 37 heavy (non-hydrogen) atoms. The van der Waals surface area contributed by atoms with Gasteiger partial charge in [-0.2, -0.15) is 5.10 Å². The minimum atomic E-state index is -1.61. The number of phenols is 1. The lowest BCUT2D eigenvalue weighted by atomic mass is 9.71. The molecule has 3 aromatic rings. The van der Waals surface area contributed by atoms with E-state index in [4.69, 9.17) is 28.3 Å². The summed E-state index contributed by atoms with van der Waals surface area (Å²) in [5.74, 6) is -2.97. The Hall–Kier alpha value is -3.62. The van der Waals surface area contributed by atoms with Crippen LogP contribution in [0.25, 0.3) is 0 Å². The zero-order valence-corrected chi connectivity index (χ0v) is 21.7. The van der Waals surface area contributed by atoms with Gasteiger partial charge in [0.1, 0.15) is 17.3 Å². The van der Waals surface area contributed by atoms with E-state index < -0.39 is 34.6 Å². The van der Waals surface area contributed by atoms with Gasteiger partial charge >= 0.3 is 0 Å². The summed E-state index contributed by atoms with van der Waals surface area (Å²) in [5, 5.41) is 21.7. The molecule has 0 aliphatic carbocycles. The van der Waals surface area contributed by atoms with Crippen LogP contribution in [0.4, 0.5) is 15.8 Å². The van der Waals surface area contributed by atoms with Gasteiger partial charge in [-0.25, -0.2) is 4.39 Å². The lowest BCUT2D eigenvalue weighted by Crippen LogP contribution is -2.56. The molecule has 3 aromatic carbocycles. The van der Waals surface area contributed by atoms with Crippen LogP contribution in [0.2, 0.25) is 10.0 Å². The highest BCUT2D eigenvalue weighted by Crippen LogP contribution is 2.56. The Morgan fingerprint density at radius 3 is 2.51 bits per heavy atom. The highest BCUT2D eigenvalue weighted by molar-refractivity contribution is 6.46. The van der Waals surface area contributed by atoms with E-state index in [1.54, 1.807) is 29.3 Å². The Morgan fingerprint density at radius 1 is 1.14 bits per heavy atom. The number of carbonyl (C=O) groups is 2. The highest BCUT2D eigenvalue weighted by atomic mass is 35.5. The molecule has 3 N–H and O–H groups in total. The van der Waals surface area contributed by atoms with Gasteiger partial charge in [-0.3, -0.25) is 14.6 Å². The summed E-state index contributed by atoms with van der Waals surface area (Å²) < 4.78 is 15.7. The van der Waals surface area contributed by atoms with E-state index in [0.29, 0.717) is 22.0 Å². The number of halogens is 3. The number of rotatable bonds is 3. The molecule has 0 radical (unpaired) electrons. The normalized spacial score (nSPS) is 20.6. The third-order valence-electron chi connectivity index (χ3n) is 6.51. The number of nitrogens with one attached hydrogen (secondary N) is 2. The van der Waals surface area contributed by atoms with Crippen molar-refractivity contribution in [2.45, 2.75) is 37.8 Å². The van der Waals surface area contributed by atoms with Gasteiger partial charge in [-0.05, 0) is 63.2 Å². The minimum absolute atomic E-state index is 0.0332. The van der Waals surface area contributed by atoms with E-state index in [1.807, 2.05) is 20.8 Å². The first-order valence-corrected chi connectivity index (χ1v) is 12.2. The van der Waals surface area contributed by atoms with E-state index in [1.165, 1.54) is 36.4 Å². The van der Waals surface area contributed by atoms with Crippen LogP contribution in [0.1, 0.15) is 37.8 Å². The molecule has 2 unspecified atom stereocenters. The number of amides is 2. The van der Waals surface area contributed by atoms with Gasteiger partial charge in [0.25, 0.3) is 11.8 Å². The number of nitrogens with zero attached hydrogens (tertiary/aromatic N) is 2. The van der Waals surface area contributed by atoms with Gasteiger partial charge in [0, 0.05) is 27.5 Å². The molecular weight excluding hydrogens is 518 g/mol. The second kappa shape index (κ2) is 8.75. The summed E-state index contributed by atoms with van der Waals surface area (Å²) in [7, 11) is 0. The number of carbonyl (C=O) groups excluding carboxylic acids is 2. The lowest BCUT2D eigenvalue weighted by molar-refractivity contribution is -0.131. The average Bonchev–Trinajstić information content (AvgIpc) is 3.33. The van der Waals surface area contributed by atoms with Crippen molar-refractivity contribution in [3.8, 4) is 5.75 Å². The highest BCUT2D eigenvalue weighted by Gasteiger charge is 2.65. The molecule has 2 amide bonds. The first-order valence-electron chi connectivity index (χ1n) is 11.5. The number of hydrazone groups is 1. The fraction of sp³-hybridized carbons (Fsp3) is 0.222. The molecule has 1 spiro atoms. The summed E-state index contributed by atoms with van der Waals surface area (Å²) >= 11 is 12.4. The molecule has 190 valence electrons. The molecule has 0 bridgehead atoms. The molecular formula is C27H23Cl2FN4O3. The van der Waals surface area contributed by atoms with Crippen LogP contribution in [-0.2, 0) is 15.1 Å². The van der Waals surface area contributed by atoms with Crippen LogP contribution in [-0.4, -0.2) is 33.2 Å². The maximum atomic E-state index is 15.7. The molecule has 0 aromatic heterocycles. The Bertz CT molecular complexity index is 1470. The Kier molecular flexibility index (Phi) is 5.92. The molecule has 0 saturated heterocycles. The monoisotopic (exact) mass is 540 g/mol. The van der Waals surface area contributed by atoms with Gasteiger partial charge < -0.3 is 15.7 Å². The standard InChI is InChI=1S/C27H23Cl2FN4O3/c1-26(2,3)34-27(18-12-7-14(28)13-20(18)32-25(27)37)21(17-5-4-6-19(29)22(17)30)23(33-34)24(36)31-15-8-10-16(35)11-9-15/h4-13,21,35H,1-3H3,(H,31,36)(H,32,37). The van der Waals surface area contributed by atoms with Gasteiger partial charge in [-0.1, -0.05) is 41.4 Å². The zero-order chi connectivity index (χ0) is 26.7. The third-order valence-corrected chi connectivity index (χ3v) is 7.03. The summed E-state index contributed by atoms with van der Waals surface area (Å²) in [4.78, 5) is 27.7. The second-order valence-corrected chi connectivity index (χ2v) is 10.8. The van der Waals surface area contributed by atoms with Crippen LogP contribution >= 0.6 is 23.2 Å². The fourth-order valence-electron chi connectivity index (χ4n) is 5.06. The lowest BCUT2D eigenvalue weighted by Gasteiger charge is -2.44. The summed E-state index contributed by atoms with van der Waals surface area (Å²) in [6.45, 7) is 5.56. The number of fused-ring (bicyclic) bond motifs is 2. The van der Waals surface area contributed by atoms with Gasteiger partial charge in [0.05, 0.1) is 16.5 Å². The quantitative estimate of drug-likeness (QED) is 0.361. The van der Waals surface area contributed by atoms with Gasteiger partial charge in [0.2, 0.25) is 0 Å². The van der Waals surface area contributed by atoms with Gasteiger partial charge in [-0.15, -0.1) is 0 Å². The minimum Gasteiger partial charge on any atom is -0.508 e. The maximum absolute atomic E-state index is 15.7. The maximum Gasteiger partial charge on any atom is 0.272 e. The largest absolute Gasteiger partial charge is 0.508 e. The second-order valence-electron chi connectivity index (χ2n) is 9.96. The predicted molar refractivity (Wildman–Crippen MR) is 142 cm³/mol. The van der Waals surface area contributed by atoms with E-state index in [9.17, 15) is 14.7 Å². The van der Waals surface area contributed by atoms with Crippen molar-refractivity contribution in [3.05, 3.63) is 87.7 Å². The summed E-state index contributed by atoms with van der Waals surface area (Å²) in [5.41, 5.74) is -1.04. The SMILES string of the molecule is CC(C)(C)N1N=C(C(=O)Nc2ccc(O)cc2)C(c2cccc(Cl)c2F)C12C(=O)Nc1cc(Cl)ccc12. The third kappa shape index (κ3) is 3.91. The van der Waals surface area contributed by atoms with Gasteiger partial charge in [0.15, 0.2) is 5.54 Å². The molecule has 0 fully saturated rings. The van der Waals surface area contributed by atoms with E-state index >= 15 is 4.39 Å².